The molecule has 0 spiro atoms. The minimum Gasteiger partial charge on any atom is -0.497 e. The lowest BCUT2D eigenvalue weighted by Gasteiger charge is -2.59. The summed E-state index contributed by atoms with van der Waals surface area (Å²) in [4.78, 5) is 28.4. The summed E-state index contributed by atoms with van der Waals surface area (Å²) < 4.78 is 10.9. The molecule has 5 rings (SSSR count). The maximum Gasteiger partial charge on any atom is 0.316 e. The fourth-order valence-corrected chi connectivity index (χ4v) is 6.55. The number of ketones is 1. The lowest BCUT2D eigenvalue weighted by Crippen LogP contribution is -2.64. The van der Waals surface area contributed by atoms with Gasteiger partial charge in [-0.25, -0.2) is 0 Å². The second-order valence-corrected chi connectivity index (χ2v) is 9.41. The van der Waals surface area contributed by atoms with E-state index in [0.717, 1.165) is 25.1 Å². The van der Waals surface area contributed by atoms with E-state index in [1.54, 1.807) is 7.11 Å². The molecule has 1 aromatic carbocycles. The maximum atomic E-state index is 13.2. The molecule has 0 N–H and O–H groups in total. The number of ether oxygens (including phenoxy) is 2. The number of carbonyl (C=O) groups excluding carboxylic acids is 2. The zero-order valence-electron chi connectivity index (χ0n) is 17.7. The van der Waals surface area contributed by atoms with Crippen molar-refractivity contribution in [2.75, 3.05) is 20.3 Å². The van der Waals surface area contributed by atoms with Gasteiger partial charge in [-0.3, -0.25) is 14.5 Å². The molecule has 0 amide bonds. The summed E-state index contributed by atoms with van der Waals surface area (Å²) in [6.07, 6.45) is 5.65. The molecular formula is C24H31NO4. The number of methoxy groups -OCH3 is 1. The number of hydrogen-bond donors (Lipinski definition) is 0. The molecule has 1 saturated heterocycles. The van der Waals surface area contributed by atoms with Gasteiger partial charge in [0, 0.05) is 23.9 Å². The molecule has 1 heterocycles. The highest BCUT2D eigenvalue weighted by Gasteiger charge is 2.60. The van der Waals surface area contributed by atoms with Crippen molar-refractivity contribution >= 4 is 11.8 Å². The third-order valence-corrected chi connectivity index (χ3v) is 8.00. The zero-order valence-corrected chi connectivity index (χ0v) is 17.7. The predicted molar refractivity (Wildman–Crippen MR) is 109 cm³/mol. The van der Waals surface area contributed by atoms with Crippen molar-refractivity contribution in [2.24, 2.45) is 11.8 Å². The SMILES string of the molecule is CCOC(=O)C1C[C@@H]2[C@H]3Cc4c(C)cc(OC)cc4[C@@]2(CCN3C2CC2)CC1=O. The molecule has 0 radical (unpaired) electrons. The van der Waals surface area contributed by atoms with E-state index in [1.807, 2.05) is 6.92 Å². The predicted octanol–water partition coefficient (Wildman–Crippen LogP) is 3.19. The first-order chi connectivity index (χ1) is 14.0. The quantitative estimate of drug-likeness (QED) is 0.577. The van der Waals surface area contributed by atoms with Crippen molar-refractivity contribution < 1.29 is 19.1 Å². The molecule has 3 aliphatic carbocycles. The van der Waals surface area contributed by atoms with Crippen LogP contribution in [-0.4, -0.2) is 49.0 Å². The molecule has 4 atom stereocenters. The monoisotopic (exact) mass is 397 g/mol. The number of carbonyl (C=O) groups is 2. The Morgan fingerprint density at radius 2 is 2.10 bits per heavy atom. The summed E-state index contributed by atoms with van der Waals surface area (Å²) in [6.45, 7) is 5.36. The van der Waals surface area contributed by atoms with Crippen LogP contribution in [0, 0.1) is 18.8 Å². The number of rotatable bonds is 4. The topological polar surface area (TPSA) is 55.8 Å². The number of hydrogen-bond acceptors (Lipinski definition) is 5. The molecule has 4 aliphatic rings. The second kappa shape index (κ2) is 6.83. The molecular weight excluding hydrogens is 366 g/mol. The third kappa shape index (κ3) is 2.84. The number of Topliss-reactive ketones (excluding diaryl/α,β-unsaturated/α-hetero) is 1. The number of likely N-dealkylation sites (tertiary alicyclic amines) is 1. The fraction of sp³-hybridized carbons (Fsp3) is 0.667. The lowest BCUT2D eigenvalue weighted by molar-refractivity contribution is -0.157. The highest BCUT2D eigenvalue weighted by Crippen LogP contribution is 2.58. The number of esters is 1. The van der Waals surface area contributed by atoms with Crippen molar-refractivity contribution in [3.05, 3.63) is 28.8 Å². The van der Waals surface area contributed by atoms with Gasteiger partial charge in [-0.2, -0.15) is 0 Å². The van der Waals surface area contributed by atoms with Crippen molar-refractivity contribution in [3.63, 3.8) is 0 Å². The van der Waals surface area contributed by atoms with E-state index in [4.69, 9.17) is 9.47 Å². The molecule has 1 aromatic rings. The Kier molecular flexibility index (Phi) is 4.50. The van der Waals surface area contributed by atoms with Gasteiger partial charge in [-0.1, -0.05) is 0 Å². The number of piperidine rings is 1. The Bertz CT molecular complexity index is 861. The summed E-state index contributed by atoms with van der Waals surface area (Å²) >= 11 is 0. The maximum absolute atomic E-state index is 13.2. The van der Waals surface area contributed by atoms with Crippen LogP contribution in [0.1, 0.15) is 55.7 Å². The van der Waals surface area contributed by atoms with Gasteiger partial charge in [0.25, 0.3) is 0 Å². The number of fused-ring (bicyclic) bond motifs is 1. The van der Waals surface area contributed by atoms with E-state index < -0.39 is 5.92 Å². The Labute approximate surface area is 172 Å². The van der Waals surface area contributed by atoms with Crippen LogP contribution in [0.15, 0.2) is 12.1 Å². The average Bonchev–Trinajstić information content (AvgIpc) is 3.53. The van der Waals surface area contributed by atoms with Crippen molar-refractivity contribution in [2.45, 2.75) is 69.9 Å². The van der Waals surface area contributed by atoms with Gasteiger partial charge in [0.2, 0.25) is 0 Å². The summed E-state index contributed by atoms with van der Waals surface area (Å²) in [6, 6.07) is 5.41. The summed E-state index contributed by atoms with van der Waals surface area (Å²) in [5.74, 6) is 0.339. The minimum absolute atomic E-state index is 0.0617. The molecule has 2 saturated carbocycles. The van der Waals surface area contributed by atoms with Crippen LogP contribution in [0.2, 0.25) is 0 Å². The van der Waals surface area contributed by atoms with Gasteiger partial charge in [0.05, 0.1) is 13.7 Å². The summed E-state index contributed by atoms with van der Waals surface area (Å²) in [5.41, 5.74) is 3.81. The smallest absolute Gasteiger partial charge is 0.316 e. The zero-order chi connectivity index (χ0) is 20.3. The van der Waals surface area contributed by atoms with Crippen LogP contribution in [0.5, 0.6) is 5.75 Å². The molecule has 29 heavy (non-hydrogen) atoms. The fourth-order valence-electron chi connectivity index (χ4n) is 6.55. The van der Waals surface area contributed by atoms with Crippen LogP contribution < -0.4 is 4.74 Å². The van der Waals surface area contributed by atoms with E-state index in [0.29, 0.717) is 37.5 Å². The molecule has 0 aromatic heterocycles. The van der Waals surface area contributed by atoms with Crippen molar-refractivity contribution in [1.82, 2.24) is 4.90 Å². The summed E-state index contributed by atoms with van der Waals surface area (Å²) in [7, 11) is 1.71. The molecule has 1 aliphatic heterocycles. The first kappa shape index (κ1) is 19.1. The highest BCUT2D eigenvalue weighted by atomic mass is 16.5. The van der Waals surface area contributed by atoms with Crippen LogP contribution in [0.3, 0.4) is 0 Å². The Hall–Kier alpha value is -1.88. The molecule has 2 bridgehead atoms. The highest BCUT2D eigenvalue weighted by molar-refractivity contribution is 6.00. The van der Waals surface area contributed by atoms with Crippen molar-refractivity contribution in [3.8, 4) is 5.75 Å². The number of benzene rings is 1. The first-order valence-corrected chi connectivity index (χ1v) is 11.1. The molecule has 156 valence electrons. The average molecular weight is 398 g/mol. The van der Waals surface area contributed by atoms with Gasteiger partial charge < -0.3 is 9.47 Å². The van der Waals surface area contributed by atoms with Crippen LogP contribution in [-0.2, 0) is 26.2 Å². The minimum atomic E-state index is -0.594. The third-order valence-electron chi connectivity index (χ3n) is 8.00. The normalized spacial score (nSPS) is 33.6. The van der Waals surface area contributed by atoms with Gasteiger partial charge in [0.15, 0.2) is 0 Å². The standard InChI is InChI=1S/C24H31NO4/c1-4-29-23(27)18-11-20-21-12-17-14(2)9-16(28-3)10-19(17)24(20,13-22(18)26)7-8-25(21)15-5-6-15/h9-10,15,18,20-21H,4-8,11-13H2,1-3H3/t18?,20-,21-,24-/m1/s1. The Balaban J connectivity index is 1.61. The first-order valence-electron chi connectivity index (χ1n) is 11.1. The van der Waals surface area contributed by atoms with Crippen molar-refractivity contribution in [1.29, 1.82) is 0 Å². The Morgan fingerprint density at radius 3 is 2.79 bits per heavy atom. The van der Waals surface area contributed by atoms with E-state index >= 15 is 0 Å². The van der Waals surface area contributed by atoms with E-state index in [1.165, 1.54) is 29.5 Å². The molecule has 1 unspecified atom stereocenters. The van der Waals surface area contributed by atoms with E-state index in [-0.39, 0.29) is 17.2 Å². The van der Waals surface area contributed by atoms with Gasteiger partial charge in [-0.15, -0.1) is 0 Å². The summed E-state index contributed by atoms with van der Waals surface area (Å²) in [5, 5.41) is 0. The molecule has 5 nitrogen and oxygen atoms in total. The number of nitrogens with zero attached hydrogens (tertiary/aromatic N) is 1. The van der Waals surface area contributed by atoms with E-state index in [9.17, 15) is 9.59 Å². The van der Waals surface area contributed by atoms with Gasteiger partial charge in [-0.05, 0) is 87.2 Å². The second-order valence-electron chi connectivity index (χ2n) is 9.41. The van der Waals surface area contributed by atoms with Crippen LogP contribution in [0.25, 0.3) is 0 Å². The van der Waals surface area contributed by atoms with E-state index in [2.05, 4.69) is 24.0 Å². The number of aryl methyl sites for hydroxylation is 1. The van der Waals surface area contributed by atoms with Gasteiger partial charge >= 0.3 is 5.97 Å². The van der Waals surface area contributed by atoms with Crippen LogP contribution >= 0.6 is 0 Å². The lowest BCUT2D eigenvalue weighted by atomic mass is 9.50. The largest absolute Gasteiger partial charge is 0.497 e. The Morgan fingerprint density at radius 1 is 1.31 bits per heavy atom. The molecule has 3 fully saturated rings. The molecule has 5 heteroatoms. The van der Waals surface area contributed by atoms with Crippen LogP contribution in [0.4, 0.5) is 0 Å². The van der Waals surface area contributed by atoms with Gasteiger partial charge in [0.1, 0.15) is 17.5 Å².